The Morgan fingerprint density at radius 2 is 1.92 bits per heavy atom. The lowest BCUT2D eigenvalue weighted by Gasteiger charge is -2.09. The average molecular weight is 527 g/mol. The second kappa shape index (κ2) is 9.13. The van der Waals surface area contributed by atoms with Gasteiger partial charge in [0, 0.05) is 34.4 Å². The Morgan fingerprint density at radius 1 is 1.08 bits per heavy atom. The van der Waals surface area contributed by atoms with Gasteiger partial charge in [-0.05, 0) is 54.1 Å². The molecule has 0 fully saturated rings. The predicted octanol–water partition coefficient (Wildman–Crippen LogP) is 3.90. The van der Waals surface area contributed by atoms with Crippen molar-refractivity contribution in [2.24, 2.45) is 0 Å². The van der Waals surface area contributed by atoms with E-state index in [4.69, 9.17) is 0 Å². The maximum Gasteiger partial charge on any atom is 0.273 e. The Morgan fingerprint density at radius 3 is 2.72 bits per heavy atom. The Kier molecular flexibility index (Phi) is 5.98. The van der Waals surface area contributed by atoms with Gasteiger partial charge in [-0.3, -0.25) is 9.59 Å². The van der Waals surface area contributed by atoms with Gasteiger partial charge in [0.15, 0.2) is 11.6 Å². The molecular formula is C24H16F2N4O4S2. The first-order valence-corrected chi connectivity index (χ1v) is 12.8. The smallest absolute Gasteiger partial charge is 0.273 e. The fourth-order valence-electron chi connectivity index (χ4n) is 3.67. The van der Waals surface area contributed by atoms with Crippen LogP contribution in [0.3, 0.4) is 0 Å². The van der Waals surface area contributed by atoms with Gasteiger partial charge in [0.2, 0.25) is 0 Å². The second-order valence-electron chi connectivity index (χ2n) is 7.76. The topological polar surface area (TPSA) is 114 Å². The van der Waals surface area contributed by atoms with Crippen LogP contribution in [0.5, 0.6) is 0 Å². The molecule has 12 heteroatoms. The number of pyridine rings is 2. The molecule has 0 saturated carbocycles. The average Bonchev–Trinajstić information content (AvgIpc) is 3.50. The zero-order valence-corrected chi connectivity index (χ0v) is 19.9. The molecule has 1 aromatic carbocycles. The Balaban J connectivity index is 1.38. The van der Waals surface area contributed by atoms with E-state index in [1.165, 1.54) is 30.5 Å². The van der Waals surface area contributed by atoms with Crippen LogP contribution in [-0.4, -0.2) is 28.9 Å². The number of hydrogen-bond donors (Lipinski definition) is 2. The molecule has 0 spiro atoms. The first-order chi connectivity index (χ1) is 17.2. The first kappa shape index (κ1) is 23.6. The van der Waals surface area contributed by atoms with Crippen LogP contribution in [0.1, 0.15) is 15.9 Å². The number of benzene rings is 1. The monoisotopic (exact) mass is 526 g/mol. The van der Waals surface area contributed by atoms with E-state index >= 15 is 0 Å². The third kappa shape index (κ3) is 4.43. The SMILES string of the molecule is O=C(NS(=O)(=O)c1ccc(-c2c[nH]c3ncccc23)s1)c1cccn(Cc2ccc(F)c(F)c2)c1=O. The first-order valence-electron chi connectivity index (χ1n) is 10.5. The van der Waals surface area contributed by atoms with Crippen molar-refractivity contribution < 1.29 is 22.0 Å². The van der Waals surface area contributed by atoms with Gasteiger partial charge in [-0.2, -0.15) is 0 Å². The van der Waals surface area contributed by atoms with Crippen LogP contribution >= 0.6 is 11.3 Å². The number of sulfonamides is 1. The van der Waals surface area contributed by atoms with Gasteiger partial charge in [-0.25, -0.2) is 26.9 Å². The molecule has 0 aliphatic carbocycles. The third-order valence-corrected chi connectivity index (χ3v) is 8.33. The van der Waals surface area contributed by atoms with E-state index in [1.54, 1.807) is 24.5 Å². The van der Waals surface area contributed by atoms with Gasteiger partial charge < -0.3 is 9.55 Å². The molecule has 0 aliphatic heterocycles. The highest BCUT2D eigenvalue weighted by atomic mass is 32.2. The maximum atomic E-state index is 13.5. The number of H-pyrrole nitrogens is 1. The van der Waals surface area contributed by atoms with Crippen LogP contribution in [0.4, 0.5) is 8.78 Å². The Hall–Kier alpha value is -4.16. The quantitative estimate of drug-likeness (QED) is 0.348. The minimum absolute atomic E-state index is 0.109. The largest absolute Gasteiger partial charge is 0.345 e. The van der Waals surface area contributed by atoms with Crippen molar-refractivity contribution in [3.63, 3.8) is 0 Å². The summed E-state index contributed by atoms with van der Waals surface area (Å²) < 4.78 is 55.4. The number of hydrogen-bond acceptors (Lipinski definition) is 6. The van der Waals surface area contributed by atoms with Gasteiger partial charge in [-0.15, -0.1) is 11.3 Å². The van der Waals surface area contributed by atoms with Gasteiger partial charge >= 0.3 is 0 Å². The van der Waals surface area contributed by atoms with Crippen molar-refractivity contribution in [3.8, 4) is 10.4 Å². The summed E-state index contributed by atoms with van der Waals surface area (Å²) in [4.78, 5) is 33.4. The lowest BCUT2D eigenvalue weighted by Crippen LogP contribution is -2.36. The highest BCUT2D eigenvalue weighted by Gasteiger charge is 2.24. The van der Waals surface area contributed by atoms with Crippen LogP contribution in [0.2, 0.25) is 0 Å². The molecule has 0 unspecified atom stereocenters. The molecule has 5 rings (SSSR count). The second-order valence-corrected chi connectivity index (χ2v) is 10.8. The van der Waals surface area contributed by atoms with Gasteiger partial charge in [0.05, 0.1) is 6.54 Å². The van der Waals surface area contributed by atoms with Crippen molar-refractivity contribution in [2.75, 3.05) is 0 Å². The minimum Gasteiger partial charge on any atom is -0.345 e. The lowest BCUT2D eigenvalue weighted by atomic mass is 10.2. The molecular weight excluding hydrogens is 510 g/mol. The van der Waals surface area contributed by atoms with Crippen LogP contribution in [0, 0.1) is 11.6 Å². The van der Waals surface area contributed by atoms with E-state index < -0.39 is 38.7 Å². The van der Waals surface area contributed by atoms with Gasteiger partial charge in [-0.1, -0.05) is 6.07 Å². The summed E-state index contributed by atoms with van der Waals surface area (Å²) in [6.07, 6.45) is 4.71. The summed E-state index contributed by atoms with van der Waals surface area (Å²) in [7, 11) is -4.28. The number of aromatic amines is 1. The number of nitrogens with one attached hydrogen (secondary N) is 2. The van der Waals surface area contributed by atoms with Crippen molar-refractivity contribution in [1.29, 1.82) is 0 Å². The molecule has 8 nitrogen and oxygen atoms in total. The summed E-state index contributed by atoms with van der Waals surface area (Å²) in [6.45, 7) is -0.141. The Bertz CT molecular complexity index is 1790. The van der Waals surface area contributed by atoms with E-state index in [-0.39, 0.29) is 10.8 Å². The zero-order chi connectivity index (χ0) is 25.4. The molecule has 2 N–H and O–H groups in total. The van der Waals surface area contributed by atoms with Crippen LogP contribution < -0.4 is 10.3 Å². The number of rotatable bonds is 6. The highest BCUT2D eigenvalue weighted by molar-refractivity contribution is 7.92. The zero-order valence-electron chi connectivity index (χ0n) is 18.2. The minimum atomic E-state index is -4.28. The van der Waals surface area contributed by atoms with Crippen molar-refractivity contribution in [2.45, 2.75) is 10.8 Å². The fourth-order valence-corrected chi connectivity index (χ4v) is 5.97. The van der Waals surface area contributed by atoms with Crippen LogP contribution in [0.15, 0.2) is 82.2 Å². The standard InChI is InChI=1S/C24H16F2N4O4S2/c25-18-6-5-14(11-19(18)26)13-30-10-2-4-16(24(30)32)23(31)29-36(33,34)21-8-7-20(35-21)17-12-28-22-15(17)3-1-9-27-22/h1-12H,13H2,(H,27,28)(H,29,31). The molecule has 4 heterocycles. The van der Waals surface area contributed by atoms with E-state index in [0.717, 1.165) is 39.0 Å². The van der Waals surface area contributed by atoms with E-state index in [9.17, 15) is 26.8 Å². The third-order valence-electron chi connectivity index (χ3n) is 5.39. The number of aromatic nitrogens is 3. The number of thiophene rings is 1. The number of nitrogens with zero attached hydrogens (tertiary/aromatic N) is 2. The molecule has 1 amide bonds. The molecule has 36 heavy (non-hydrogen) atoms. The van der Waals surface area contributed by atoms with E-state index in [0.29, 0.717) is 16.1 Å². The molecule has 4 aromatic heterocycles. The summed E-state index contributed by atoms with van der Waals surface area (Å²) in [5, 5.41) is 0.818. The van der Waals surface area contributed by atoms with Crippen LogP contribution in [0.25, 0.3) is 21.5 Å². The summed E-state index contributed by atoms with van der Waals surface area (Å²) >= 11 is 0.961. The number of halogens is 2. The molecule has 0 radical (unpaired) electrons. The summed E-state index contributed by atoms with van der Waals surface area (Å²) in [5.41, 5.74) is 0.511. The van der Waals surface area contributed by atoms with Gasteiger partial charge in [0.25, 0.3) is 21.5 Å². The molecule has 0 saturated heterocycles. The fraction of sp³-hybridized carbons (Fsp3) is 0.0417. The molecule has 0 atom stereocenters. The number of carbonyl (C=O) groups is 1. The normalized spacial score (nSPS) is 11.6. The van der Waals surface area contributed by atoms with E-state index in [1.807, 2.05) is 10.8 Å². The van der Waals surface area contributed by atoms with Gasteiger partial charge in [0.1, 0.15) is 15.4 Å². The van der Waals surface area contributed by atoms with Crippen LogP contribution in [-0.2, 0) is 16.6 Å². The van der Waals surface area contributed by atoms with Crippen molar-refractivity contribution in [3.05, 3.63) is 106 Å². The number of amides is 1. The highest BCUT2D eigenvalue weighted by Crippen LogP contribution is 2.34. The number of fused-ring (bicyclic) bond motifs is 1. The van der Waals surface area contributed by atoms with Crippen molar-refractivity contribution >= 4 is 38.3 Å². The maximum absolute atomic E-state index is 13.5. The molecule has 182 valence electrons. The number of carbonyl (C=O) groups excluding carboxylic acids is 1. The Labute approximate surface area is 206 Å². The molecule has 0 bridgehead atoms. The van der Waals surface area contributed by atoms with E-state index in [2.05, 4.69) is 9.97 Å². The summed E-state index contributed by atoms with van der Waals surface area (Å²) in [5.74, 6) is -3.20. The summed E-state index contributed by atoms with van der Waals surface area (Å²) in [6, 6.07) is 12.4. The lowest BCUT2D eigenvalue weighted by molar-refractivity contribution is 0.0979. The molecule has 0 aliphatic rings. The molecule has 5 aromatic rings. The van der Waals surface area contributed by atoms with Crippen molar-refractivity contribution in [1.82, 2.24) is 19.3 Å². The predicted molar refractivity (Wildman–Crippen MR) is 130 cm³/mol.